The number of imidazole rings is 1. The van der Waals surface area contributed by atoms with Crippen molar-refractivity contribution in [2.45, 2.75) is 32.4 Å². The number of rotatable bonds is 7. The summed E-state index contributed by atoms with van der Waals surface area (Å²) in [5.41, 5.74) is 3.88. The molecular formula is C27H28ClN5O2. The molecule has 0 unspecified atom stereocenters. The van der Waals surface area contributed by atoms with Gasteiger partial charge in [0.05, 0.1) is 47.8 Å². The molecule has 2 aromatic carbocycles. The molecule has 4 rings (SSSR count). The van der Waals surface area contributed by atoms with Gasteiger partial charge in [-0.1, -0.05) is 24.3 Å². The Balaban J connectivity index is 0.00000342. The van der Waals surface area contributed by atoms with Gasteiger partial charge < -0.3 is 9.30 Å². The normalized spacial score (nSPS) is 14.8. The fourth-order valence-electron chi connectivity index (χ4n) is 4.68. The Labute approximate surface area is 212 Å². The first-order valence-electron chi connectivity index (χ1n) is 11.3. The smallest absolute Gasteiger partial charge is 0.312 e. The van der Waals surface area contributed by atoms with Crippen LogP contribution in [-0.4, -0.2) is 40.6 Å². The van der Waals surface area contributed by atoms with E-state index in [-0.39, 0.29) is 18.4 Å². The minimum absolute atomic E-state index is 0. The lowest BCUT2D eigenvalue weighted by atomic mass is 9.73. The molecule has 3 aromatic rings. The zero-order valence-electron chi connectivity index (χ0n) is 19.7. The van der Waals surface area contributed by atoms with Crippen LogP contribution in [0.2, 0.25) is 0 Å². The highest BCUT2D eigenvalue weighted by atomic mass is 35.5. The Hall–Kier alpha value is -3.65. The monoisotopic (exact) mass is 489 g/mol. The highest BCUT2D eigenvalue weighted by Gasteiger charge is 2.42. The van der Waals surface area contributed by atoms with Crippen LogP contribution < -0.4 is 0 Å². The lowest BCUT2D eigenvalue weighted by molar-refractivity contribution is -0.156. The number of carbonyl (C=O) groups excluding carboxylic acids is 1. The highest BCUT2D eigenvalue weighted by Crippen LogP contribution is 2.37. The standard InChI is InChI=1S/C27H27N5O2.ClH/c1-34-26(33)27(14-23-3-2-4-24(13-23)16-29)9-11-31(12-10-27)19-25-17-30-20-32(25)18-22-7-5-21(15-28)6-8-22;/h2-8,13,17,20H,9-12,14,18-19H2,1H3;1H. The summed E-state index contributed by atoms with van der Waals surface area (Å²) >= 11 is 0. The van der Waals surface area contributed by atoms with Gasteiger partial charge in [0.15, 0.2) is 0 Å². The molecule has 0 amide bonds. The second kappa shape index (κ2) is 11.7. The van der Waals surface area contributed by atoms with Crippen molar-refractivity contribution in [3.63, 3.8) is 0 Å². The van der Waals surface area contributed by atoms with Crippen molar-refractivity contribution in [3.05, 3.63) is 89.0 Å². The van der Waals surface area contributed by atoms with E-state index in [0.29, 0.717) is 36.9 Å². The van der Waals surface area contributed by atoms with E-state index in [1.165, 1.54) is 7.11 Å². The Morgan fingerprint density at radius 1 is 1.03 bits per heavy atom. The summed E-state index contributed by atoms with van der Waals surface area (Å²) in [7, 11) is 1.45. The summed E-state index contributed by atoms with van der Waals surface area (Å²) in [6, 6.07) is 19.4. The first-order valence-corrected chi connectivity index (χ1v) is 11.3. The lowest BCUT2D eigenvalue weighted by Crippen LogP contribution is -2.46. The fourth-order valence-corrected chi connectivity index (χ4v) is 4.68. The second-order valence-corrected chi connectivity index (χ2v) is 8.86. The van der Waals surface area contributed by atoms with Crippen LogP contribution in [0.3, 0.4) is 0 Å². The van der Waals surface area contributed by atoms with Crippen molar-refractivity contribution in [2.75, 3.05) is 20.2 Å². The summed E-state index contributed by atoms with van der Waals surface area (Å²) in [5, 5.41) is 18.2. The number of hydrogen-bond donors (Lipinski definition) is 0. The molecule has 8 heteroatoms. The van der Waals surface area contributed by atoms with Crippen molar-refractivity contribution in [1.29, 1.82) is 10.5 Å². The molecule has 1 aromatic heterocycles. The Morgan fingerprint density at radius 2 is 1.74 bits per heavy atom. The fraction of sp³-hybridized carbons (Fsp3) is 0.333. The number of piperidine rings is 1. The Morgan fingerprint density at radius 3 is 2.40 bits per heavy atom. The number of halogens is 1. The van der Waals surface area contributed by atoms with Gasteiger partial charge in [-0.15, -0.1) is 12.4 Å². The lowest BCUT2D eigenvalue weighted by Gasteiger charge is -2.40. The predicted octanol–water partition coefficient (Wildman–Crippen LogP) is 4.09. The molecule has 0 atom stereocenters. The van der Waals surface area contributed by atoms with Crippen LogP contribution in [0.1, 0.15) is 40.8 Å². The van der Waals surface area contributed by atoms with Crippen molar-refractivity contribution in [1.82, 2.24) is 14.5 Å². The zero-order chi connectivity index (χ0) is 24.0. The molecule has 0 N–H and O–H groups in total. The maximum atomic E-state index is 12.8. The number of ether oxygens (including phenoxy) is 1. The van der Waals surface area contributed by atoms with Gasteiger partial charge in [-0.2, -0.15) is 10.5 Å². The third-order valence-corrected chi connectivity index (χ3v) is 6.65. The quantitative estimate of drug-likeness (QED) is 0.464. The molecule has 35 heavy (non-hydrogen) atoms. The minimum Gasteiger partial charge on any atom is -0.469 e. The third kappa shape index (κ3) is 6.08. The van der Waals surface area contributed by atoms with Gasteiger partial charge in [0.25, 0.3) is 0 Å². The molecule has 0 radical (unpaired) electrons. The van der Waals surface area contributed by atoms with Gasteiger partial charge in [0, 0.05) is 19.3 Å². The van der Waals surface area contributed by atoms with Crippen molar-refractivity contribution in [3.8, 4) is 12.1 Å². The van der Waals surface area contributed by atoms with Crippen molar-refractivity contribution in [2.24, 2.45) is 5.41 Å². The summed E-state index contributed by atoms with van der Waals surface area (Å²) in [4.78, 5) is 19.5. The van der Waals surface area contributed by atoms with Crippen LogP contribution in [0.15, 0.2) is 61.1 Å². The molecule has 7 nitrogen and oxygen atoms in total. The van der Waals surface area contributed by atoms with E-state index in [1.807, 2.05) is 55.0 Å². The van der Waals surface area contributed by atoms with Gasteiger partial charge in [-0.05, 0) is 67.7 Å². The number of aromatic nitrogens is 2. The van der Waals surface area contributed by atoms with E-state index in [9.17, 15) is 10.1 Å². The zero-order valence-corrected chi connectivity index (χ0v) is 20.5. The molecule has 180 valence electrons. The first-order chi connectivity index (χ1) is 16.5. The molecule has 2 heterocycles. The van der Waals surface area contributed by atoms with Crippen molar-refractivity contribution >= 4 is 18.4 Å². The van der Waals surface area contributed by atoms with E-state index in [2.05, 4.69) is 26.6 Å². The van der Waals surface area contributed by atoms with E-state index in [0.717, 1.165) is 36.5 Å². The topological polar surface area (TPSA) is 94.9 Å². The molecule has 0 saturated carbocycles. The van der Waals surface area contributed by atoms with Gasteiger partial charge in [-0.3, -0.25) is 9.69 Å². The molecule has 1 fully saturated rings. The average molecular weight is 490 g/mol. The summed E-state index contributed by atoms with van der Waals surface area (Å²) in [6.45, 7) is 2.98. The molecule has 0 spiro atoms. The number of nitrogens with zero attached hydrogens (tertiary/aromatic N) is 5. The summed E-state index contributed by atoms with van der Waals surface area (Å²) in [5.74, 6) is -0.180. The Kier molecular flexibility index (Phi) is 8.65. The average Bonchev–Trinajstić information content (AvgIpc) is 3.31. The molecular weight excluding hydrogens is 462 g/mol. The van der Waals surface area contributed by atoms with Crippen LogP contribution in [0.4, 0.5) is 0 Å². The number of methoxy groups -OCH3 is 1. The first kappa shape index (κ1) is 26.0. The van der Waals surface area contributed by atoms with Crippen LogP contribution in [-0.2, 0) is 29.0 Å². The van der Waals surface area contributed by atoms with E-state index >= 15 is 0 Å². The predicted molar refractivity (Wildman–Crippen MR) is 134 cm³/mol. The number of esters is 1. The van der Waals surface area contributed by atoms with E-state index in [4.69, 9.17) is 10.00 Å². The van der Waals surface area contributed by atoms with Crippen molar-refractivity contribution < 1.29 is 9.53 Å². The SMILES string of the molecule is COC(=O)C1(Cc2cccc(C#N)c2)CCN(Cc2cncn2Cc2ccc(C#N)cc2)CC1.Cl. The molecule has 1 aliphatic heterocycles. The van der Waals surface area contributed by atoms with Crippen LogP contribution >= 0.6 is 12.4 Å². The summed E-state index contributed by atoms with van der Waals surface area (Å²) in [6.07, 6.45) is 5.68. The molecule has 0 bridgehead atoms. The summed E-state index contributed by atoms with van der Waals surface area (Å²) < 4.78 is 7.33. The number of benzene rings is 2. The Bertz CT molecular complexity index is 1230. The number of hydrogen-bond acceptors (Lipinski definition) is 6. The highest BCUT2D eigenvalue weighted by molar-refractivity contribution is 5.85. The number of likely N-dealkylation sites (tertiary alicyclic amines) is 1. The van der Waals surface area contributed by atoms with Gasteiger partial charge >= 0.3 is 5.97 Å². The maximum absolute atomic E-state index is 12.8. The molecule has 1 saturated heterocycles. The second-order valence-electron chi connectivity index (χ2n) is 8.86. The minimum atomic E-state index is -0.581. The number of carbonyl (C=O) groups is 1. The van der Waals surface area contributed by atoms with Crippen LogP contribution in [0.25, 0.3) is 0 Å². The molecule has 0 aliphatic carbocycles. The number of nitriles is 2. The van der Waals surface area contributed by atoms with E-state index < -0.39 is 5.41 Å². The van der Waals surface area contributed by atoms with Gasteiger partial charge in [-0.25, -0.2) is 4.98 Å². The largest absolute Gasteiger partial charge is 0.469 e. The van der Waals surface area contributed by atoms with Crippen LogP contribution in [0, 0.1) is 28.1 Å². The van der Waals surface area contributed by atoms with Crippen LogP contribution in [0.5, 0.6) is 0 Å². The molecule has 1 aliphatic rings. The van der Waals surface area contributed by atoms with Gasteiger partial charge in [0.2, 0.25) is 0 Å². The third-order valence-electron chi connectivity index (χ3n) is 6.65. The van der Waals surface area contributed by atoms with E-state index in [1.54, 1.807) is 6.07 Å². The maximum Gasteiger partial charge on any atom is 0.312 e. The van der Waals surface area contributed by atoms with Gasteiger partial charge in [0.1, 0.15) is 0 Å².